The molecule has 3 aromatic rings. The summed E-state index contributed by atoms with van der Waals surface area (Å²) in [7, 11) is 0. The van der Waals surface area contributed by atoms with Crippen molar-refractivity contribution >= 4 is 39.1 Å². The highest BCUT2D eigenvalue weighted by Crippen LogP contribution is 2.32. The lowest BCUT2D eigenvalue weighted by molar-refractivity contribution is -0.00000738. The van der Waals surface area contributed by atoms with E-state index in [1.165, 1.54) is 0 Å². The first-order valence-corrected chi connectivity index (χ1v) is 10.6. The Morgan fingerprint density at radius 3 is 2.57 bits per heavy atom. The molecule has 0 amide bonds. The Balaban J connectivity index is 0.00000256. The summed E-state index contributed by atoms with van der Waals surface area (Å²) in [6, 6.07) is 17.3. The standard InChI is InChI=1S/C22H18BrCl2NO3.ClH/c23-17-3-6-20(27-12-15-2-4-18(24)9-19(15)25)16(8-17)11-26-10-14-1-5-21-22(7-14)29-13-28-21;/h1-9,26H,10-13H2;1H/p-1. The van der Waals surface area contributed by atoms with Gasteiger partial charge in [0.25, 0.3) is 0 Å². The van der Waals surface area contributed by atoms with Crippen molar-refractivity contribution in [2.75, 3.05) is 6.79 Å². The topological polar surface area (TPSA) is 39.7 Å². The molecule has 1 heterocycles. The number of hydrogen-bond donors (Lipinski definition) is 1. The third-order valence-corrected chi connectivity index (χ3v) is 5.58. The lowest BCUT2D eigenvalue weighted by atomic mass is 10.1. The molecule has 0 aliphatic carbocycles. The molecule has 0 fully saturated rings. The lowest BCUT2D eigenvalue weighted by Crippen LogP contribution is -3.00. The molecule has 3 aromatic carbocycles. The Bertz CT molecular complexity index is 1030. The van der Waals surface area contributed by atoms with Crippen molar-refractivity contribution in [2.45, 2.75) is 19.7 Å². The van der Waals surface area contributed by atoms with Gasteiger partial charge in [-0.05, 0) is 48.0 Å². The molecule has 1 N–H and O–H groups in total. The smallest absolute Gasteiger partial charge is 0.231 e. The van der Waals surface area contributed by atoms with Crippen LogP contribution in [0.1, 0.15) is 16.7 Å². The molecule has 0 bridgehead atoms. The molecule has 8 heteroatoms. The second-order valence-electron chi connectivity index (χ2n) is 6.57. The van der Waals surface area contributed by atoms with E-state index in [0.29, 0.717) is 29.7 Å². The van der Waals surface area contributed by atoms with Crippen molar-refractivity contribution in [3.63, 3.8) is 0 Å². The van der Waals surface area contributed by atoms with Crippen LogP contribution in [0.15, 0.2) is 59.1 Å². The van der Waals surface area contributed by atoms with E-state index in [0.717, 1.165) is 38.4 Å². The summed E-state index contributed by atoms with van der Waals surface area (Å²) >= 11 is 15.7. The van der Waals surface area contributed by atoms with Crippen LogP contribution >= 0.6 is 39.1 Å². The van der Waals surface area contributed by atoms with E-state index in [9.17, 15) is 0 Å². The normalized spacial score (nSPS) is 11.8. The maximum absolute atomic E-state index is 6.25. The van der Waals surface area contributed by atoms with E-state index in [-0.39, 0.29) is 19.2 Å². The summed E-state index contributed by atoms with van der Waals surface area (Å²) in [6.45, 7) is 2.00. The SMILES string of the molecule is Clc1ccc(COc2ccc(Br)cc2CNCc2ccc3c(c2)OCO3)c(Cl)c1.[Cl-]. The van der Waals surface area contributed by atoms with Gasteiger partial charge in [-0.2, -0.15) is 0 Å². The van der Waals surface area contributed by atoms with Crippen LogP contribution in [0.3, 0.4) is 0 Å². The summed E-state index contributed by atoms with van der Waals surface area (Å²) in [4.78, 5) is 0. The van der Waals surface area contributed by atoms with Crippen molar-refractivity contribution in [1.29, 1.82) is 0 Å². The Morgan fingerprint density at radius 1 is 0.900 bits per heavy atom. The predicted molar refractivity (Wildman–Crippen MR) is 118 cm³/mol. The van der Waals surface area contributed by atoms with Gasteiger partial charge >= 0.3 is 0 Å². The number of halogens is 4. The second-order valence-corrected chi connectivity index (χ2v) is 8.33. The third kappa shape index (κ3) is 5.74. The zero-order valence-electron chi connectivity index (χ0n) is 15.8. The minimum absolute atomic E-state index is 0. The Labute approximate surface area is 200 Å². The second kappa shape index (κ2) is 10.6. The summed E-state index contributed by atoms with van der Waals surface area (Å²) in [5, 5.41) is 4.65. The molecule has 0 spiro atoms. The molecular weight excluding hydrogens is 513 g/mol. The highest BCUT2D eigenvalue weighted by molar-refractivity contribution is 9.10. The van der Waals surface area contributed by atoms with E-state index in [1.807, 2.05) is 48.5 Å². The molecule has 4 nitrogen and oxygen atoms in total. The van der Waals surface area contributed by atoms with Crippen molar-refractivity contribution in [3.05, 3.63) is 85.8 Å². The molecule has 0 unspecified atom stereocenters. The number of hydrogen-bond acceptors (Lipinski definition) is 4. The van der Waals surface area contributed by atoms with Crippen molar-refractivity contribution in [3.8, 4) is 17.2 Å². The Hall–Kier alpha value is -1.63. The van der Waals surface area contributed by atoms with Crippen LogP contribution in [0.2, 0.25) is 10.0 Å². The van der Waals surface area contributed by atoms with Crippen LogP contribution in [0.25, 0.3) is 0 Å². The number of rotatable bonds is 7. The van der Waals surface area contributed by atoms with Crippen molar-refractivity contribution in [2.24, 2.45) is 0 Å². The minimum Gasteiger partial charge on any atom is -1.00 e. The average Bonchev–Trinajstić information content (AvgIpc) is 3.16. The quantitative estimate of drug-likeness (QED) is 0.509. The van der Waals surface area contributed by atoms with Gasteiger partial charge in [0.05, 0.1) is 0 Å². The van der Waals surface area contributed by atoms with Gasteiger partial charge in [0.2, 0.25) is 6.79 Å². The molecular formula is C22H18BrCl3NO3-. The van der Waals surface area contributed by atoms with Gasteiger partial charge in [-0.25, -0.2) is 0 Å². The molecule has 1 aliphatic rings. The fourth-order valence-corrected chi connectivity index (χ4v) is 3.89. The Kier molecular flexibility index (Phi) is 8.14. The fourth-order valence-electron chi connectivity index (χ4n) is 3.01. The molecule has 30 heavy (non-hydrogen) atoms. The van der Waals surface area contributed by atoms with Gasteiger partial charge in [0.1, 0.15) is 12.4 Å². The van der Waals surface area contributed by atoms with Crippen LogP contribution in [-0.4, -0.2) is 6.79 Å². The van der Waals surface area contributed by atoms with Crippen LogP contribution in [-0.2, 0) is 19.7 Å². The first-order valence-electron chi connectivity index (χ1n) is 9.03. The predicted octanol–water partition coefficient (Wildman–Crippen LogP) is 3.36. The van der Waals surface area contributed by atoms with E-state index in [1.54, 1.807) is 6.07 Å². The minimum atomic E-state index is 0. The van der Waals surface area contributed by atoms with Gasteiger partial charge in [0.15, 0.2) is 11.5 Å². The molecule has 0 saturated carbocycles. The molecule has 0 saturated heterocycles. The van der Waals surface area contributed by atoms with E-state index in [4.69, 9.17) is 37.4 Å². The maximum atomic E-state index is 6.25. The first kappa shape index (κ1) is 23.0. The molecule has 0 radical (unpaired) electrons. The molecule has 4 rings (SSSR count). The highest BCUT2D eigenvalue weighted by atomic mass is 79.9. The third-order valence-electron chi connectivity index (χ3n) is 4.50. The Morgan fingerprint density at radius 2 is 1.73 bits per heavy atom. The molecule has 0 atom stereocenters. The maximum Gasteiger partial charge on any atom is 0.231 e. The molecule has 0 aromatic heterocycles. The number of nitrogens with one attached hydrogen (secondary N) is 1. The largest absolute Gasteiger partial charge is 1.00 e. The lowest BCUT2D eigenvalue weighted by Gasteiger charge is -2.14. The van der Waals surface area contributed by atoms with Crippen LogP contribution in [0.5, 0.6) is 17.2 Å². The van der Waals surface area contributed by atoms with E-state index < -0.39 is 0 Å². The van der Waals surface area contributed by atoms with Gasteiger partial charge in [0, 0.05) is 38.7 Å². The zero-order chi connectivity index (χ0) is 20.2. The number of ether oxygens (including phenoxy) is 3. The van der Waals surface area contributed by atoms with Crippen LogP contribution < -0.4 is 31.9 Å². The van der Waals surface area contributed by atoms with Gasteiger partial charge in [-0.3, -0.25) is 0 Å². The average molecular weight is 531 g/mol. The molecule has 1 aliphatic heterocycles. The van der Waals surface area contributed by atoms with Gasteiger partial charge in [-0.15, -0.1) is 0 Å². The summed E-state index contributed by atoms with van der Waals surface area (Å²) in [5.41, 5.74) is 3.06. The number of fused-ring (bicyclic) bond motifs is 1. The zero-order valence-corrected chi connectivity index (χ0v) is 19.6. The van der Waals surface area contributed by atoms with Gasteiger partial charge in [-0.1, -0.05) is 51.3 Å². The highest BCUT2D eigenvalue weighted by Gasteiger charge is 2.13. The fraction of sp³-hybridized carbons (Fsp3) is 0.182. The van der Waals surface area contributed by atoms with Crippen molar-refractivity contribution < 1.29 is 26.6 Å². The van der Waals surface area contributed by atoms with E-state index in [2.05, 4.69) is 21.2 Å². The van der Waals surface area contributed by atoms with Crippen molar-refractivity contribution in [1.82, 2.24) is 5.32 Å². The van der Waals surface area contributed by atoms with E-state index >= 15 is 0 Å². The van der Waals surface area contributed by atoms with Gasteiger partial charge < -0.3 is 31.9 Å². The summed E-state index contributed by atoms with van der Waals surface area (Å²) in [5.74, 6) is 2.38. The monoisotopic (exact) mass is 528 g/mol. The summed E-state index contributed by atoms with van der Waals surface area (Å²) in [6.07, 6.45) is 0. The van der Waals surface area contributed by atoms with Crippen LogP contribution in [0.4, 0.5) is 0 Å². The first-order chi connectivity index (χ1) is 14.1. The number of benzene rings is 3. The molecule has 158 valence electrons. The van der Waals surface area contributed by atoms with Crippen LogP contribution in [0, 0.1) is 0 Å². The summed E-state index contributed by atoms with van der Waals surface area (Å²) < 4.78 is 17.8.